The standard InChI is InChI=1S/C13H17N3OS/c1-4-14-8-12-15-16-13(18-12)17-11-6-9(2)5-10(3)7-11/h5-7,14H,4,8H2,1-3H3. The maximum Gasteiger partial charge on any atom is 0.299 e. The summed E-state index contributed by atoms with van der Waals surface area (Å²) in [5.41, 5.74) is 2.37. The third kappa shape index (κ3) is 3.51. The molecule has 0 amide bonds. The van der Waals surface area contributed by atoms with Crippen LogP contribution in [0.15, 0.2) is 18.2 Å². The Bertz CT molecular complexity index is 504. The first-order valence-electron chi connectivity index (χ1n) is 5.96. The van der Waals surface area contributed by atoms with Gasteiger partial charge in [-0.1, -0.05) is 29.4 Å². The van der Waals surface area contributed by atoms with Crippen molar-refractivity contribution in [3.63, 3.8) is 0 Å². The van der Waals surface area contributed by atoms with Crippen molar-refractivity contribution in [1.29, 1.82) is 0 Å². The molecule has 0 aliphatic heterocycles. The molecular formula is C13H17N3OS. The smallest absolute Gasteiger partial charge is 0.299 e. The van der Waals surface area contributed by atoms with Crippen molar-refractivity contribution < 1.29 is 4.74 Å². The van der Waals surface area contributed by atoms with E-state index >= 15 is 0 Å². The summed E-state index contributed by atoms with van der Waals surface area (Å²) in [5.74, 6) is 0.818. The van der Waals surface area contributed by atoms with Gasteiger partial charge in [0.15, 0.2) is 0 Å². The van der Waals surface area contributed by atoms with Crippen molar-refractivity contribution in [2.75, 3.05) is 6.54 Å². The number of aryl methyl sites for hydroxylation is 2. The third-order valence-electron chi connectivity index (χ3n) is 2.37. The molecule has 0 radical (unpaired) electrons. The van der Waals surface area contributed by atoms with E-state index in [2.05, 4.69) is 42.4 Å². The van der Waals surface area contributed by atoms with Gasteiger partial charge in [-0.2, -0.15) is 0 Å². The maximum atomic E-state index is 5.72. The SMILES string of the molecule is CCNCc1nnc(Oc2cc(C)cc(C)c2)s1. The highest BCUT2D eigenvalue weighted by Gasteiger charge is 2.06. The Labute approximate surface area is 111 Å². The van der Waals surface area contributed by atoms with Crippen LogP contribution < -0.4 is 10.1 Å². The predicted molar refractivity (Wildman–Crippen MR) is 73.3 cm³/mol. The molecule has 1 heterocycles. The molecule has 0 saturated heterocycles. The average molecular weight is 263 g/mol. The van der Waals surface area contributed by atoms with E-state index in [0.29, 0.717) is 5.19 Å². The molecule has 2 rings (SSSR count). The van der Waals surface area contributed by atoms with Gasteiger partial charge in [0.1, 0.15) is 10.8 Å². The zero-order chi connectivity index (χ0) is 13.0. The quantitative estimate of drug-likeness (QED) is 0.900. The Kier molecular flexibility index (Phi) is 4.28. The Balaban J connectivity index is 2.06. The number of rotatable bonds is 5. The van der Waals surface area contributed by atoms with Crippen LogP contribution >= 0.6 is 11.3 Å². The van der Waals surface area contributed by atoms with Gasteiger partial charge in [0.2, 0.25) is 0 Å². The lowest BCUT2D eigenvalue weighted by Gasteiger charge is -2.03. The molecule has 0 spiro atoms. The molecule has 0 atom stereocenters. The van der Waals surface area contributed by atoms with Crippen molar-refractivity contribution in [2.45, 2.75) is 27.3 Å². The van der Waals surface area contributed by atoms with E-state index < -0.39 is 0 Å². The van der Waals surface area contributed by atoms with E-state index in [1.54, 1.807) is 0 Å². The van der Waals surface area contributed by atoms with Gasteiger partial charge in [-0.15, -0.1) is 5.10 Å². The van der Waals surface area contributed by atoms with Crippen LogP contribution in [-0.2, 0) is 6.54 Å². The minimum Gasteiger partial charge on any atom is -0.430 e. The Hall–Kier alpha value is -1.46. The minimum atomic E-state index is 0.591. The number of hydrogen-bond acceptors (Lipinski definition) is 5. The molecule has 1 N–H and O–H groups in total. The van der Waals surface area contributed by atoms with Gasteiger partial charge >= 0.3 is 0 Å². The highest BCUT2D eigenvalue weighted by Crippen LogP contribution is 2.26. The van der Waals surface area contributed by atoms with Crippen LogP contribution in [-0.4, -0.2) is 16.7 Å². The second kappa shape index (κ2) is 5.93. The van der Waals surface area contributed by atoms with Gasteiger partial charge in [0, 0.05) is 6.54 Å². The minimum absolute atomic E-state index is 0.591. The Morgan fingerprint density at radius 3 is 2.56 bits per heavy atom. The summed E-state index contributed by atoms with van der Waals surface area (Å²) in [7, 11) is 0. The molecule has 2 aromatic rings. The summed E-state index contributed by atoms with van der Waals surface area (Å²) in [5, 5.41) is 12.8. The highest BCUT2D eigenvalue weighted by molar-refractivity contribution is 7.13. The summed E-state index contributed by atoms with van der Waals surface area (Å²) < 4.78 is 5.72. The van der Waals surface area contributed by atoms with Crippen molar-refractivity contribution in [2.24, 2.45) is 0 Å². The number of benzene rings is 1. The second-order valence-electron chi connectivity index (χ2n) is 4.17. The summed E-state index contributed by atoms with van der Waals surface area (Å²) in [6.45, 7) is 7.83. The molecule has 0 aliphatic carbocycles. The van der Waals surface area contributed by atoms with Crippen LogP contribution in [0.4, 0.5) is 0 Å². The fourth-order valence-corrected chi connectivity index (χ4v) is 2.35. The molecule has 0 bridgehead atoms. The van der Waals surface area contributed by atoms with E-state index in [1.807, 2.05) is 12.1 Å². The Morgan fingerprint density at radius 2 is 1.89 bits per heavy atom. The molecule has 4 nitrogen and oxygen atoms in total. The van der Waals surface area contributed by atoms with Gasteiger partial charge in [-0.05, 0) is 43.7 Å². The summed E-state index contributed by atoms with van der Waals surface area (Å²) in [4.78, 5) is 0. The van der Waals surface area contributed by atoms with Crippen LogP contribution in [0.5, 0.6) is 10.9 Å². The van der Waals surface area contributed by atoms with Crippen LogP contribution in [0.1, 0.15) is 23.1 Å². The van der Waals surface area contributed by atoms with Crippen molar-refractivity contribution in [3.8, 4) is 10.9 Å². The van der Waals surface area contributed by atoms with Gasteiger partial charge in [-0.3, -0.25) is 0 Å². The van der Waals surface area contributed by atoms with Crippen molar-refractivity contribution >= 4 is 11.3 Å². The number of hydrogen-bond donors (Lipinski definition) is 1. The second-order valence-corrected chi connectivity index (χ2v) is 5.19. The molecule has 5 heteroatoms. The van der Waals surface area contributed by atoms with Crippen LogP contribution in [0.2, 0.25) is 0 Å². The van der Waals surface area contributed by atoms with E-state index in [-0.39, 0.29) is 0 Å². The lowest BCUT2D eigenvalue weighted by atomic mass is 10.1. The van der Waals surface area contributed by atoms with Gasteiger partial charge < -0.3 is 10.1 Å². The largest absolute Gasteiger partial charge is 0.430 e. The summed E-state index contributed by atoms with van der Waals surface area (Å²) in [6.07, 6.45) is 0. The molecule has 18 heavy (non-hydrogen) atoms. The Morgan fingerprint density at radius 1 is 1.17 bits per heavy atom. The van der Waals surface area contributed by atoms with E-state index in [4.69, 9.17) is 4.74 Å². The van der Waals surface area contributed by atoms with Crippen LogP contribution in [0.3, 0.4) is 0 Å². The van der Waals surface area contributed by atoms with E-state index in [1.165, 1.54) is 22.5 Å². The van der Waals surface area contributed by atoms with Gasteiger partial charge in [0.25, 0.3) is 5.19 Å². The van der Waals surface area contributed by atoms with E-state index in [0.717, 1.165) is 23.8 Å². The fraction of sp³-hybridized carbons (Fsp3) is 0.385. The molecule has 1 aromatic heterocycles. The maximum absolute atomic E-state index is 5.72. The topological polar surface area (TPSA) is 47.0 Å². The van der Waals surface area contributed by atoms with Crippen molar-refractivity contribution in [1.82, 2.24) is 15.5 Å². The zero-order valence-corrected chi connectivity index (χ0v) is 11.7. The lowest BCUT2D eigenvalue weighted by molar-refractivity contribution is 0.472. The number of ether oxygens (including phenoxy) is 1. The van der Waals surface area contributed by atoms with Gasteiger partial charge in [0.05, 0.1) is 0 Å². The molecule has 0 aliphatic rings. The van der Waals surface area contributed by atoms with Crippen LogP contribution in [0, 0.1) is 13.8 Å². The summed E-state index contributed by atoms with van der Waals surface area (Å²) >= 11 is 1.47. The number of nitrogens with zero attached hydrogens (tertiary/aromatic N) is 2. The third-order valence-corrected chi connectivity index (χ3v) is 3.18. The zero-order valence-electron chi connectivity index (χ0n) is 10.9. The fourth-order valence-electron chi connectivity index (χ4n) is 1.68. The van der Waals surface area contributed by atoms with E-state index in [9.17, 15) is 0 Å². The average Bonchev–Trinajstić information content (AvgIpc) is 2.72. The first-order chi connectivity index (χ1) is 8.67. The first-order valence-corrected chi connectivity index (χ1v) is 6.78. The highest BCUT2D eigenvalue weighted by atomic mass is 32.1. The molecule has 0 saturated carbocycles. The number of nitrogens with one attached hydrogen (secondary N) is 1. The first kappa shape index (κ1) is 13.0. The summed E-state index contributed by atoms with van der Waals surface area (Å²) in [6, 6.07) is 6.11. The molecular weight excluding hydrogens is 246 g/mol. The molecule has 1 aromatic carbocycles. The molecule has 96 valence electrons. The predicted octanol–water partition coefficient (Wildman–Crippen LogP) is 3.06. The molecule has 0 unspecified atom stereocenters. The van der Waals surface area contributed by atoms with Gasteiger partial charge in [-0.25, -0.2) is 0 Å². The van der Waals surface area contributed by atoms with Crippen molar-refractivity contribution in [3.05, 3.63) is 34.3 Å². The molecule has 0 fully saturated rings. The lowest BCUT2D eigenvalue weighted by Crippen LogP contribution is -2.11. The number of aromatic nitrogens is 2. The van der Waals surface area contributed by atoms with Crippen LogP contribution in [0.25, 0.3) is 0 Å². The normalized spacial score (nSPS) is 10.6. The monoisotopic (exact) mass is 263 g/mol.